The Morgan fingerprint density at radius 2 is 1.88 bits per heavy atom. The van der Waals surface area contributed by atoms with Crippen LogP contribution in [0.5, 0.6) is 0 Å². The molecule has 0 unspecified atom stereocenters. The average molecular weight is 344 g/mol. The Morgan fingerprint density at radius 3 is 2.56 bits per heavy atom. The van der Waals surface area contributed by atoms with E-state index in [0.717, 1.165) is 50.0 Å². The molecule has 136 valence electrons. The number of carbonyl (C=O) groups is 2. The molecule has 2 fully saturated rings. The monoisotopic (exact) mass is 344 g/mol. The van der Waals surface area contributed by atoms with Crippen molar-refractivity contribution in [2.24, 2.45) is 5.92 Å². The second-order valence-corrected chi connectivity index (χ2v) is 7.57. The average Bonchev–Trinajstić information content (AvgIpc) is 3.25. The summed E-state index contributed by atoms with van der Waals surface area (Å²) in [6.07, 6.45) is 5.79. The first kappa shape index (κ1) is 17.8. The molecule has 0 bridgehead atoms. The van der Waals surface area contributed by atoms with E-state index in [1.807, 2.05) is 20.8 Å². The lowest BCUT2D eigenvalue weighted by Gasteiger charge is -2.26. The van der Waals surface area contributed by atoms with Gasteiger partial charge in [-0.25, -0.2) is 9.97 Å². The van der Waals surface area contributed by atoms with E-state index in [1.165, 1.54) is 0 Å². The van der Waals surface area contributed by atoms with Gasteiger partial charge in [0.15, 0.2) is 0 Å². The normalized spacial score (nSPS) is 21.1. The molecule has 0 aromatic carbocycles. The van der Waals surface area contributed by atoms with Crippen molar-refractivity contribution in [2.75, 3.05) is 11.9 Å². The van der Waals surface area contributed by atoms with Gasteiger partial charge in [-0.1, -0.05) is 26.7 Å². The van der Waals surface area contributed by atoms with Crippen LogP contribution in [0.3, 0.4) is 0 Å². The fraction of sp³-hybridized carbons (Fsp3) is 0.684. The molecule has 1 N–H and O–H groups in total. The molecule has 25 heavy (non-hydrogen) atoms. The molecule has 1 atom stereocenters. The highest BCUT2D eigenvalue weighted by atomic mass is 16.2. The molecule has 1 saturated heterocycles. The zero-order valence-electron chi connectivity index (χ0n) is 15.4. The van der Waals surface area contributed by atoms with Crippen LogP contribution in [0.15, 0.2) is 6.07 Å². The number of carbonyl (C=O) groups excluding carboxylic acids is 2. The number of hydrogen-bond donors (Lipinski definition) is 1. The SMILES string of the molecule is Cc1cc(NC(=O)[C@@H]2CCCN2C(=O)C2CCCC2)nc(C(C)C)n1. The van der Waals surface area contributed by atoms with E-state index in [4.69, 9.17) is 0 Å². The predicted molar refractivity (Wildman–Crippen MR) is 96.2 cm³/mol. The van der Waals surface area contributed by atoms with Gasteiger partial charge in [-0.2, -0.15) is 0 Å². The number of hydrogen-bond acceptors (Lipinski definition) is 4. The first-order chi connectivity index (χ1) is 12.0. The van der Waals surface area contributed by atoms with Gasteiger partial charge in [-0.3, -0.25) is 9.59 Å². The Labute approximate surface area is 149 Å². The van der Waals surface area contributed by atoms with Crippen LogP contribution in [0.1, 0.15) is 69.8 Å². The Balaban J connectivity index is 1.70. The standard InChI is InChI=1S/C19H28N4O2/c1-12(2)17-20-13(3)11-16(21-17)22-18(24)15-9-6-10-23(15)19(25)14-7-4-5-8-14/h11-12,14-15H,4-10H2,1-3H3,(H,20,21,22,24)/t15-/m0/s1. The molecule has 0 radical (unpaired) electrons. The summed E-state index contributed by atoms with van der Waals surface area (Å²) >= 11 is 0. The number of amides is 2. The number of aryl methyl sites for hydroxylation is 1. The Kier molecular flexibility index (Phi) is 5.35. The molecule has 6 heteroatoms. The van der Waals surface area contributed by atoms with Gasteiger partial charge in [0.25, 0.3) is 0 Å². The maximum absolute atomic E-state index is 12.8. The highest BCUT2D eigenvalue weighted by Gasteiger charge is 2.37. The van der Waals surface area contributed by atoms with E-state index in [9.17, 15) is 9.59 Å². The number of aromatic nitrogens is 2. The van der Waals surface area contributed by atoms with Crippen LogP contribution in [-0.4, -0.2) is 39.3 Å². The molecular weight excluding hydrogens is 316 g/mol. The van der Waals surface area contributed by atoms with Crippen molar-refractivity contribution in [2.45, 2.75) is 71.3 Å². The minimum atomic E-state index is -0.370. The highest BCUT2D eigenvalue weighted by Crippen LogP contribution is 2.30. The summed E-state index contributed by atoms with van der Waals surface area (Å²) < 4.78 is 0. The number of rotatable bonds is 4. The lowest BCUT2D eigenvalue weighted by Crippen LogP contribution is -2.45. The van der Waals surface area contributed by atoms with Gasteiger partial charge in [-0.05, 0) is 32.6 Å². The molecule has 0 spiro atoms. The summed E-state index contributed by atoms with van der Waals surface area (Å²) in [5, 5.41) is 2.91. The molecule has 1 aromatic heterocycles. The maximum Gasteiger partial charge on any atom is 0.248 e. The Morgan fingerprint density at radius 1 is 1.16 bits per heavy atom. The number of nitrogens with one attached hydrogen (secondary N) is 1. The first-order valence-corrected chi connectivity index (χ1v) is 9.42. The second kappa shape index (κ2) is 7.50. The third kappa shape index (κ3) is 3.99. The summed E-state index contributed by atoms with van der Waals surface area (Å²) in [6.45, 7) is 6.64. The first-order valence-electron chi connectivity index (χ1n) is 9.42. The molecular formula is C19H28N4O2. The van der Waals surface area contributed by atoms with Gasteiger partial charge < -0.3 is 10.2 Å². The maximum atomic E-state index is 12.8. The van der Waals surface area contributed by atoms with Crippen LogP contribution in [0.2, 0.25) is 0 Å². The molecule has 1 saturated carbocycles. The predicted octanol–water partition coefficient (Wildman–Crippen LogP) is 3.03. The molecule has 1 aromatic rings. The summed E-state index contributed by atoms with van der Waals surface area (Å²) in [5.41, 5.74) is 0.833. The van der Waals surface area contributed by atoms with E-state index < -0.39 is 0 Å². The van der Waals surface area contributed by atoms with Crippen LogP contribution in [0, 0.1) is 12.8 Å². The van der Waals surface area contributed by atoms with Crippen LogP contribution in [0.4, 0.5) is 5.82 Å². The number of nitrogens with zero attached hydrogens (tertiary/aromatic N) is 3. The lowest BCUT2D eigenvalue weighted by atomic mass is 10.1. The van der Waals surface area contributed by atoms with Crippen LogP contribution in [-0.2, 0) is 9.59 Å². The van der Waals surface area contributed by atoms with Gasteiger partial charge in [-0.15, -0.1) is 0 Å². The zero-order valence-corrected chi connectivity index (χ0v) is 15.4. The largest absolute Gasteiger partial charge is 0.330 e. The quantitative estimate of drug-likeness (QED) is 0.911. The van der Waals surface area contributed by atoms with E-state index in [2.05, 4.69) is 15.3 Å². The van der Waals surface area contributed by atoms with Crippen molar-refractivity contribution in [3.63, 3.8) is 0 Å². The van der Waals surface area contributed by atoms with E-state index >= 15 is 0 Å². The van der Waals surface area contributed by atoms with Crippen LogP contribution < -0.4 is 5.32 Å². The van der Waals surface area contributed by atoms with Gasteiger partial charge in [0.1, 0.15) is 17.7 Å². The Hall–Kier alpha value is -1.98. The molecule has 2 heterocycles. The fourth-order valence-electron chi connectivity index (χ4n) is 3.83. The van der Waals surface area contributed by atoms with Gasteiger partial charge in [0.05, 0.1) is 0 Å². The van der Waals surface area contributed by atoms with Gasteiger partial charge in [0.2, 0.25) is 11.8 Å². The minimum Gasteiger partial charge on any atom is -0.330 e. The van der Waals surface area contributed by atoms with Crippen LogP contribution >= 0.6 is 0 Å². The third-order valence-corrected chi connectivity index (χ3v) is 5.18. The number of likely N-dealkylation sites (tertiary alicyclic amines) is 1. The molecule has 2 amide bonds. The van der Waals surface area contributed by atoms with Gasteiger partial charge >= 0.3 is 0 Å². The van der Waals surface area contributed by atoms with Crippen molar-refractivity contribution in [3.05, 3.63) is 17.6 Å². The van der Waals surface area contributed by atoms with Crippen molar-refractivity contribution in [1.29, 1.82) is 0 Å². The summed E-state index contributed by atoms with van der Waals surface area (Å²) in [4.78, 5) is 36.2. The second-order valence-electron chi connectivity index (χ2n) is 7.57. The molecule has 6 nitrogen and oxygen atoms in total. The minimum absolute atomic E-state index is 0.113. The van der Waals surface area contributed by atoms with Crippen LogP contribution in [0.25, 0.3) is 0 Å². The molecule has 2 aliphatic rings. The molecule has 3 rings (SSSR count). The van der Waals surface area contributed by atoms with Gasteiger partial charge in [0, 0.05) is 30.1 Å². The smallest absolute Gasteiger partial charge is 0.248 e. The summed E-state index contributed by atoms with van der Waals surface area (Å²) in [6, 6.07) is 1.41. The van der Waals surface area contributed by atoms with Crippen molar-refractivity contribution in [3.8, 4) is 0 Å². The summed E-state index contributed by atoms with van der Waals surface area (Å²) in [7, 11) is 0. The molecule has 1 aliphatic carbocycles. The Bertz CT molecular complexity index is 653. The topological polar surface area (TPSA) is 75.2 Å². The van der Waals surface area contributed by atoms with Crippen molar-refractivity contribution in [1.82, 2.24) is 14.9 Å². The highest BCUT2D eigenvalue weighted by molar-refractivity contribution is 5.97. The third-order valence-electron chi connectivity index (χ3n) is 5.18. The van der Waals surface area contributed by atoms with E-state index in [0.29, 0.717) is 12.4 Å². The summed E-state index contributed by atoms with van der Waals surface area (Å²) in [5.74, 6) is 1.60. The zero-order chi connectivity index (χ0) is 18.0. The van der Waals surface area contributed by atoms with Crippen molar-refractivity contribution < 1.29 is 9.59 Å². The lowest BCUT2D eigenvalue weighted by molar-refractivity contribution is -0.140. The van der Waals surface area contributed by atoms with E-state index in [1.54, 1.807) is 11.0 Å². The van der Waals surface area contributed by atoms with Crippen molar-refractivity contribution >= 4 is 17.6 Å². The molecule has 1 aliphatic heterocycles. The fourth-order valence-corrected chi connectivity index (χ4v) is 3.83. The number of anilines is 1. The van der Waals surface area contributed by atoms with E-state index in [-0.39, 0.29) is 29.7 Å².